The largest absolute Gasteiger partial charge is 0.351 e. The third-order valence-corrected chi connectivity index (χ3v) is 6.69. The fourth-order valence-electron chi connectivity index (χ4n) is 2.99. The maximum atomic E-state index is 12.2. The number of hydrogen-bond donors (Lipinski definition) is 1. The predicted octanol–water partition coefficient (Wildman–Crippen LogP) is 2.33. The number of likely N-dealkylation sites (tertiary alicyclic amines) is 1. The zero-order chi connectivity index (χ0) is 17.7. The third kappa shape index (κ3) is 4.80. The number of benzene rings is 1. The van der Waals surface area contributed by atoms with Crippen LogP contribution in [0.1, 0.15) is 44.0 Å². The minimum absolute atomic E-state index is 0.159. The van der Waals surface area contributed by atoms with Gasteiger partial charge in [-0.1, -0.05) is 6.92 Å². The predicted molar refractivity (Wildman–Crippen MR) is 95.9 cm³/mol. The van der Waals surface area contributed by atoms with E-state index in [-0.39, 0.29) is 10.8 Å². The second-order valence-electron chi connectivity index (χ2n) is 6.92. The van der Waals surface area contributed by atoms with E-state index in [0.717, 1.165) is 25.6 Å². The van der Waals surface area contributed by atoms with Gasteiger partial charge < -0.3 is 10.2 Å². The van der Waals surface area contributed by atoms with E-state index in [9.17, 15) is 13.2 Å². The molecule has 1 atom stereocenters. The minimum Gasteiger partial charge on any atom is -0.351 e. The number of carbonyl (C=O) groups excluding carboxylic acids is 1. The Morgan fingerprint density at radius 3 is 2.54 bits per heavy atom. The fourth-order valence-corrected chi connectivity index (χ4v) is 4.05. The second-order valence-corrected chi connectivity index (χ2v) is 9.43. The lowest BCUT2D eigenvalue weighted by Crippen LogP contribution is -2.40. The molecule has 6 heteroatoms. The van der Waals surface area contributed by atoms with Gasteiger partial charge in [-0.05, 0) is 63.4 Å². The molecule has 1 saturated heterocycles. The summed E-state index contributed by atoms with van der Waals surface area (Å²) in [5.41, 5.74) is 0.490. The third-order valence-electron chi connectivity index (χ3n) is 4.52. The zero-order valence-electron chi connectivity index (χ0n) is 14.8. The molecule has 1 aromatic carbocycles. The molecule has 24 heavy (non-hydrogen) atoms. The average Bonchev–Trinajstić information content (AvgIpc) is 2.55. The molecule has 2 rings (SSSR count). The summed E-state index contributed by atoms with van der Waals surface area (Å²) in [5, 5.41) is 2.44. The lowest BCUT2D eigenvalue weighted by atomic mass is 10.0. The molecule has 1 aliphatic heterocycles. The molecule has 0 aliphatic carbocycles. The average molecular weight is 353 g/mol. The van der Waals surface area contributed by atoms with Gasteiger partial charge in [0.05, 0.1) is 10.1 Å². The van der Waals surface area contributed by atoms with Crippen LogP contribution in [0.2, 0.25) is 0 Å². The Balaban J connectivity index is 1.86. The number of carbonyl (C=O) groups is 1. The van der Waals surface area contributed by atoms with Crippen molar-refractivity contribution in [3.8, 4) is 0 Å². The van der Waals surface area contributed by atoms with Crippen molar-refractivity contribution in [2.45, 2.75) is 43.8 Å². The Bertz CT molecular complexity index is 653. The smallest absolute Gasteiger partial charge is 0.251 e. The Kier molecular flexibility index (Phi) is 6.40. The molecule has 0 bridgehead atoms. The zero-order valence-corrected chi connectivity index (χ0v) is 15.6. The van der Waals surface area contributed by atoms with Crippen LogP contribution in [0, 0.1) is 5.92 Å². The Hall–Kier alpha value is -1.40. The van der Waals surface area contributed by atoms with Gasteiger partial charge in [0.15, 0.2) is 9.84 Å². The van der Waals surface area contributed by atoms with Gasteiger partial charge in [-0.3, -0.25) is 4.79 Å². The standard InChI is InChI=1S/C18H28N2O3S/c1-14(2)24(22,23)17-8-6-16(7-9-17)18(21)19-10-12-20-11-4-5-15(3)13-20/h6-9,14-15H,4-5,10-13H2,1-3H3,(H,19,21). The Labute approximate surface area is 145 Å². The summed E-state index contributed by atoms with van der Waals surface area (Å²) >= 11 is 0. The number of nitrogens with zero attached hydrogens (tertiary/aromatic N) is 1. The number of amides is 1. The summed E-state index contributed by atoms with van der Waals surface area (Å²) in [6.45, 7) is 9.22. The highest BCUT2D eigenvalue weighted by Gasteiger charge is 2.19. The van der Waals surface area contributed by atoms with Gasteiger partial charge in [-0.15, -0.1) is 0 Å². The van der Waals surface area contributed by atoms with Crippen molar-refractivity contribution >= 4 is 15.7 Å². The number of sulfone groups is 1. The molecule has 1 heterocycles. The fraction of sp³-hybridized carbons (Fsp3) is 0.611. The molecule has 134 valence electrons. The molecule has 1 aliphatic rings. The number of rotatable bonds is 6. The molecule has 1 aromatic rings. The van der Waals surface area contributed by atoms with Crippen LogP contribution in [-0.4, -0.2) is 50.7 Å². The van der Waals surface area contributed by atoms with Gasteiger partial charge in [-0.2, -0.15) is 0 Å². The first-order chi connectivity index (χ1) is 11.3. The highest BCUT2D eigenvalue weighted by atomic mass is 32.2. The number of hydrogen-bond acceptors (Lipinski definition) is 4. The first-order valence-corrected chi connectivity index (χ1v) is 10.2. The van der Waals surface area contributed by atoms with Gasteiger partial charge in [-0.25, -0.2) is 8.42 Å². The maximum absolute atomic E-state index is 12.2. The van der Waals surface area contributed by atoms with Crippen molar-refractivity contribution < 1.29 is 13.2 Å². The summed E-state index contributed by atoms with van der Waals surface area (Å²) in [4.78, 5) is 14.8. The molecule has 0 aromatic heterocycles. The first kappa shape index (κ1) is 18.9. The van der Waals surface area contributed by atoms with E-state index in [1.165, 1.54) is 25.0 Å². The van der Waals surface area contributed by atoms with E-state index in [2.05, 4.69) is 17.1 Å². The van der Waals surface area contributed by atoms with Crippen molar-refractivity contribution in [1.82, 2.24) is 10.2 Å². The van der Waals surface area contributed by atoms with Gasteiger partial charge >= 0.3 is 0 Å². The molecule has 0 saturated carbocycles. The Morgan fingerprint density at radius 2 is 1.96 bits per heavy atom. The van der Waals surface area contributed by atoms with Crippen LogP contribution in [0.4, 0.5) is 0 Å². The van der Waals surface area contributed by atoms with E-state index in [0.29, 0.717) is 12.1 Å². The van der Waals surface area contributed by atoms with E-state index in [4.69, 9.17) is 0 Å². The van der Waals surface area contributed by atoms with Crippen molar-refractivity contribution in [3.05, 3.63) is 29.8 Å². The molecule has 1 unspecified atom stereocenters. The highest BCUT2D eigenvalue weighted by molar-refractivity contribution is 7.92. The summed E-state index contributed by atoms with van der Waals surface area (Å²) in [6, 6.07) is 6.17. The van der Waals surface area contributed by atoms with Crippen molar-refractivity contribution in [1.29, 1.82) is 0 Å². The molecule has 0 radical (unpaired) electrons. The van der Waals surface area contributed by atoms with Crippen LogP contribution in [0.15, 0.2) is 29.2 Å². The normalized spacial score (nSPS) is 19.4. The summed E-state index contributed by atoms with van der Waals surface area (Å²) < 4.78 is 24.2. The van der Waals surface area contributed by atoms with E-state index in [1.807, 2.05) is 0 Å². The maximum Gasteiger partial charge on any atom is 0.251 e. The van der Waals surface area contributed by atoms with E-state index >= 15 is 0 Å². The van der Waals surface area contributed by atoms with Crippen LogP contribution in [0.3, 0.4) is 0 Å². The first-order valence-electron chi connectivity index (χ1n) is 8.65. The van der Waals surface area contributed by atoms with Gasteiger partial charge in [0.25, 0.3) is 5.91 Å². The van der Waals surface area contributed by atoms with Gasteiger partial charge in [0.2, 0.25) is 0 Å². The van der Waals surface area contributed by atoms with Crippen LogP contribution < -0.4 is 5.32 Å². The van der Waals surface area contributed by atoms with Gasteiger partial charge in [0, 0.05) is 25.2 Å². The highest BCUT2D eigenvalue weighted by Crippen LogP contribution is 2.17. The lowest BCUT2D eigenvalue weighted by Gasteiger charge is -2.30. The van der Waals surface area contributed by atoms with Crippen molar-refractivity contribution in [2.75, 3.05) is 26.2 Å². The molecule has 5 nitrogen and oxygen atoms in total. The molecular formula is C18H28N2O3S. The van der Waals surface area contributed by atoms with Gasteiger partial charge in [0.1, 0.15) is 0 Å². The molecule has 1 fully saturated rings. The lowest BCUT2D eigenvalue weighted by molar-refractivity contribution is 0.0943. The van der Waals surface area contributed by atoms with Crippen LogP contribution in [0.25, 0.3) is 0 Å². The number of piperidine rings is 1. The molecule has 0 spiro atoms. The van der Waals surface area contributed by atoms with Crippen molar-refractivity contribution in [3.63, 3.8) is 0 Å². The van der Waals surface area contributed by atoms with E-state index < -0.39 is 15.1 Å². The number of nitrogens with one attached hydrogen (secondary N) is 1. The molecule has 1 N–H and O–H groups in total. The summed E-state index contributed by atoms with van der Waals surface area (Å²) in [5.74, 6) is 0.568. The van der Waals surface area contributed by atoms with Crippen LogP contribution in [0.5, 0.6) is 0 Å². The monoisotopic (exact) mass is 352 g/mol. The van der Waals surface area contributed by atoms with E-state index in [1.54, 1.807) is 26.0 Å². The van der Waals surface area contributed by atoms with Crippen LogP contribution in [-0.2, 0) is 9.84 Å². The summed E-state index contributed by atoms with van der Waals surface area (Å²) in [7, 11) is -3.29. The minimum atomic E-state index is -3.29. The topological polar surface area (TPSA) is 66.5 Å². The van der Waals surface area contributed by atoms with Crippen LogP contribution >= 0.6 is 0 Å². The molecule has 1 amide bonds. The quantitative estimate of drug-likeness (QED) is 0.853. The molecular weight excluding hydrogens is 324 g/mol. The summed E-state index contributed by atoms with van der Waals surface area (Å²) in [6.07, 6.45) is 2.51. The Morgan fingerprint density at radius 1 is 1.29 bits per heavy atom. The van der Waals surface area contributed by atoms with Crippen molar-refractivity contribution in [2.24, 2.45) is 5.92 Å². The SMILES string of the molecule is CC1CCCN(CCNC(=O)c2ccc(S(=O)(=O)C(C)C)cc2)C1. The second kappa shape index (κ2) is 8.12.